The lowest BCUT2D eigenvalue weighted by molar-refractivity contribution is 0.0599. The number of hydrogen-bond donors (Lipinski definition) is 0. The minimum absolute atomic E-state index is 0.0534. The number of ether oxygens (including phenoxy) is 1. The van der Waals surface area contributed by atoms with Crippen LogP contribution in [-0.2, 0) is 17.8 Å². The molecule has 0 fully saturated rings. The molecular weight excluding hydrogens is 394 g/mol. The van der Waals surface area contributed by atoms with Gasteiger partial charge in [-0.3, -0.25) is 9.59 Å². The number of nitriles is 1. The minimum atomic E-state index is -0.673. The van der Waals surface area contributed by atoms with E-state index in [9.17, 15) is 19.6 Å². The largest absolute Gasteiger partial charge is 0.465 e. The van der Waals surface area contributed by atoms with Crippen molar-refractivity contribution in [3.05, 3.63) is 68.4 Å². The van der Waals surface area contributed by atoms with Gasteiger partial charge in [-0.05, 0) is 58.1 Å². The monoisotopic (exact) mass is 421 g/mol. The highest BCUT2D eigenvalue weighted by atomic mass is 16.5. The second-order valence-corrected chi connectivity index (χ2v) is 7.90. The van der Waals surface area contributed by atoms with Crippen molar-refractivity contribution in [1.29, 1.82) is 5.26 Å². The average molecular weight is 421 g/mol. The Morgan fingerprint density at radius 2 is 2.00 bits per heavy atom. The van der Waals surface area contributed by atoms with Crippen LogP contribution >= 0.6 is 0 Å². The van der Waals surface area contributed by atoms with Gasteiger partial charge in [0.25, 0.3) is 5.56 Å². The van der Waals surface area contributed by atoms with Crippen LogP contribution in [0.5, 0.6) is 0 Å². The van der Waals surface area contributed by atoms with E-state index in [1.54, 1.807) is 6.07 Å². The number of nitrogens with zero attached hydrogens (tertiary/aromatic N) is 3. The average Bonchev–Trinajstić information content (AvgIpc) is 3.07. The van der Waals surface area contributed by atoms with Crippen LogP contribution < -0.4 is 5.56 Å². The number of allylic oxidation sites excluding steroid dienone is 2. The molecule has 0 saturated heterocycles. The van der Waals surface area contributed by atoms with Crippen molar-refractivity contribution in [1.82, 2.24) is 9.13 Å². The second kappa shape index (κ2) is 9.61. The summed E-state index contributed by atoms with van der Waals surface area (Å²) in [6.45, 7) is 4.43. The number of aryl methyl sites for hydroxylation is 1. The van der Waals surface area contributed by atoms with Gasteiger partial charge in [-0.1, -0.05) is 11.6 Å². The summed E-state index contributed by atoms with van der Waals surface area (Å²) >= 11 is 0. The molecule has 0 spiro atoms. The Bertz CT molecular complexity index is 1140. The molecule has 0 aromatic carbocycles. The summed E-state index contributed by atoms with van der Waals surface area (Å²) in [6.07, 6.45) is 9.35. The summed E-state index contributed by atoms with van der Waals surface area (Å²) in [5.74, 6) is -0.919. The Labute approximate surface area is 181 Å². The van der Waals surface area contributed by atoms with E-state index in [-0.39, 0.29) is 23.5 Å². The zero-order valence-electron chi connectivity index (χ0n) is 18.2. The molecule has 0 amide bonds. The van der Waals surface area contributed by atoms with Crippen molar-refractivity contribution in [3.8, 4) is 6.07 Å². The maximum Gasteiger partial charge on any atom is 0.339 e. The molecule has 2 aromatic heterocycles. The van der Waals surface area contributed by atoms with Gasteiger partial charge in [0, 0.05) is 29.7 Å². The normalized spacial score (nSPS) is 13.4. The number of rotatable bonds is 7. The Morgan fingerprint density at radius 1 is 1.23 bits per heavy atom. The number of aromatic nitrogens is 2. The first-order valence-corrected chi connectivity index (χ1v) is 10.5. The van der Waals surface area contributed by atoms with Crippen LogP contribution in [0.2, 0.25) is 0 Å². The Kier molecular flexibility index (Phi) is 6.91. The Hall–Kier alpha value is -3.40. The molecule has 162 valence electrons. The van der Waals surface area contributed by atoms with Gasteiger partial charge < -0.3 is 13.9 Å². The van der Waals surface area contributed by atoms with Gasteiger partial charge in [0.2, 0.25) is 0 Å². The lowest BCUT2D eigenvalue weighted by Crippen LogP contribution is -2.27. The van der Waals surface area contributed by atoms with Gasteiger partial charge in [-0.2, -0.15) is 5.26 Å². The molecule has 2 aromatic rings. The first-order valence-electron chi connectivity index (χ1n) is 10.5. The molecule has 3 rings (SSSR count). The quantitative estimate of drug-likeness (QED) is 0.386. The summed E-state index contributed by atoms with van der Waals surface area (Å²) in [4.78, 5) is 37.4. The van der Waals surface area contributed by atoms with E-state index < -0.39 is 11.5 Å². The van der Waals surface area contributed by atoms with Crippen molar-refractivity contribution in [2.24, 2.45) is 0 Å². The highest BCUT2D eigenvalue weighted by molar-refractivity contribution is 5.97. The Morgan fingerprint density at radius 3 is 2.65 bits per heavy atom. The van der Waals surface area contributed by atoms with Crippen LogP contribution in [0.15, 0.2) is 34.8 Å². The predicted octanol–water partition coefficient (Wildman–Crippen LogP) is 3.70. The predicted molar refractivity (Wildman–Crippen MR) is 116 cm³/mol. The molecule has 7 nitrogen and oxygen atoms in total. The lowest BCUT2D eigenvalue weighted by atomic mass is 9.97. The van der Waals surface area contributed by atoms with Gasteiger partial charge in [-0.25, -0.2) is 4.79 Å². The van der Waals surface area contributed by atoms with Crippen molar-refractivity contribution >= 4 is 11.8 Å². The van der Waals surface area contributed by atoms with E-state index >= 15 is 0 Å². The molecule has 0 N–H and O–H groups in total. The third-order valence-electron chi connectivity index (χ3n) is 5.86. The SMILES string of the molecule is COC(=O)c1cc(C#N)c(=O)n(CC(=O)c2cc(C)n(CCC3=CCCCC3)c2C)c1. The van der Waals surface area contributed by atoms with E-state index in [1.807, 2.05) is 19.9 Å². The molecule has 31 heavy (non-hydrogen) atoms. The summed E-state index contributed by atoms with van der Waals surface area (Å²) in [5, 5.41) is 9.22. The molecule has 0 aliphatic heterocycles. The number of ketones is 1. The first kappa shape index (κ1) is 22.3. The fraction of sp³-hybridized carbons (Fsp3) is 0.417. The van der Waals surface area contributed by atoms with Crippen molar-refractivity contribution in [2.75, 3.05) is 7.11 Å². The smallest absolute Gasteiger partial charge is 0.339 e. The molecule has 7 heteroatoms. The van der Waals surface area contributed by atoms with Crippen molar-refractivity contribution in [2.45, 2.75) is 59.0 Å². The number of esters is 1. The lowest BCUT2D eigenvalue weighted by Gasteiger charge is -2.15. The first-order chi connectivity index (χ1) is 14.8. The zero-order valence-corrected chi connectivity index (χ0v) is 18.2. The number of pyridine rings is 1. The van der Waals surface area contributed by atoms with Crippen LogP contribution in [0.3, 0.4) is 0 Å². The summed E-state index contributed by atoms with van der Waals surface area (Å²) in [5.41, 5.74) is 3.11. The van der Waals surface area contributed by atoms with E-state index in [1.165, 1.54) is 37.8 Å². The van der Waals surface area contributed by atoms with Crippen molar-refractivity contribution in [3.63, 3.8) is 0 Å². The molecule has 1 aliphatic carbocycles. The van der Waals surface area contributed by atoms with E-state index in [4.69, 9.17) is 0 Å². The topological polar surface area (TPSA) is 94.1 Å². The number of carbonyl (C=O) groups excluding carboxylic acids is 2. The highest BCUT2D eigenvalue weighted by Crippen LogP contribution is 2.23. The van der Waals surface area contributed by atoms with Crippen LogP contribution in [0, 0.1) is 25.2 Å². The number of methoxy groups -OCH3 is 1. The third-order valence-corrected chi connectivity index (χ3v) is 5.86. The highest BCUT2D eigenvalue weighted by Gasteiger charge is 2.19. The minimum Gasteiger partial charge on any atom is -0.465 e. The second-order valence-electron chi connectivity index (χ2n) is 7.90. The summed E-state index contributed by atoms with van der Waals surface area (Å²) in [7, 11) is 1.22. The standard InChI is InChI=1S/C24H27N3O4/c1-16-11-21(17(2)27(16)10-9-18-7-5-4-6-8-18)22(28)15-26-14-20(24(30)31-3)12-19(13-25)23(26)29/h7,11-12,14H,4-6,8-10,15H2,1-3H3. The van der Waals surface area contributed by atoms with E-state index in [0.717, 1.165) is 41.8 Å². The molecular formula is C24H27N3O4. The number of hydrogen-bond acceptors (Lipinski definition) is 5. The molecule has 0 atom stereocenters. The van der Waals surface area contributed by atoms with Crippen LogP contribution in [0.25, 0.3) is 0 Å². The maximum absolute atomic E-state index is 13.0. The van der Waals surface area contributed by atoms with Gasteiger partial charge in [0.05, 0.1) is 19.2 Å². The van der Waals surface area contributed by atoms with Crippen LogP contribution in [-0.4, -0.2) is 28.0 Å². The molecule has 0 saturated carbocycles. The van der Waals surface area contributed by atoms with Gasteiger partial charge >= 0.3 is 5.97 Å². The Balaban J connectivity index is 1.84. The van der Waals surface area contributed by atoms with Gasteiger partial charge in [-0.15, -0.1) is 0 Å². The molecule has 0 bridgehead atoms. The zero-order chi connectivity index (χ0) is 22.5. The summed E-state index contributed by atoms with van der Waals surface area (Å²) in [6, 6.07) is 4.80. The van der Waals surface area contributed by atoms with Gasteiger partial charge in [0.15, 0.2) is 5.78 Å². The molecule has 0 unspecified atom stereocenters. The number of carbonyl (C=O) groups is 2. The number of Topliss-reactive ketones (excluding diaryl/α,β-unsaturated/α-hetero) is 1. The fourth-order valence-electron chi connectivity index (χ4n) is 4.12. The fourth-order valence-corrected chi connectivity index (χ4v) is 4.12. The maximum atomic E-state index is 13.0. The van der Waals surface area contributed by atoms with E-state index in [0.29, 0.717) is 5.56 Å². The third kappa shape index (κ3) is 4.85. The summed E-state index contributed by atoms with van der Waals surface area (Å²) < 4.78 is 7.92. The van der Waals surface area contributed by atoms with Crippen LogP contribution in [0.4, 0.5) is 0 Å². The molecule has 2 heterocycles. The molecule has 0 radical (unpaired) electrons. The molecule has 1 aliphatic rings. The van der Waals surface area contributed by atoms with E-state index in [2.05, 4.69) is 15.4 Å². The van der Waals surface area contributed by atoms with Crippen molar-refractivity contribution < 1.29 is 14.3 Å². The van der Waals surface area contributed by atoms with Crippen LogP contribution in [0.1, 0.15) is 69.8 Å². The van der Waals surface area contributed by atoms with Gasteiger partial charge in [0.1, 0.15) is 11.6 Å².